The first-order chi connectivity index (χ1) is 7.69. The number of nitrogens with zero attached hydrogens (tertiary/aromatic N) is 1. The van der Waals surface area contributed by atoms with Crippen LogP contribution >= 0.6 is 0 Å². The third-order valence-electron chi connectivity index (χ3n) is 2.37. The van der Waals surface area contributed by atoms with E-state index in [-0.39, 0.29) is 0 Å². The van der Waals surface area contributed by atoms with Crippen LogP contribution in [0.25, 0.3) is 0 Å². The van der Waals surface area contributed by atoms with E-state index in [9.17, 15) is 4.21 Å². The van der Waals surface area contributed by atoms with Gasteiger partial charge in [0.1, 0.15) is 5.76 Å². The summed E-state index contributed by atoms with van der Waals surface area (Å²) in [4.78, 5) is 0. The Labute approximate surface area is 98.8 Å². The highest BCUT2D eigenvalue weighted by atomic mass is 32.2. The fourth-order valence-electron chi connectivity index (χ4n) is 1.43. The minimum atomic E-state index is -0.898. The van der Waals surface area contributed by atoms with Crippen molar-refractivity contribution in [2.45, 2.75) is 32.9 Å². The maximum absolute atomic E-state index is 11.8. The van der Waals surface area contributed by atoms with Crippen molar-refractivity contribution in [1.82, 2.24) is 5.16 Å². The SMILES string of the molecule is CCOCCS(=O)Cc1c(CC)noc1C. The van der Waals surface area contributed by atoms with E-state index in [4.69, 9.17) is 9.26 Å². The molecule has 0 aliphatic heterocycles. The van der Waals surface area contributed by atoms with E-state index in [1.807, 2.05) is 20.8 Å². The van der Waals surface area contributed by atoms with E-state index in [0.29, 0.717) is 24.7 Å². The minimum absolute atomic E-state index is 0.519. The Hall–Kier alpha value is -0.680. The van der Waals surface area contributed by atoms with Crippen LogP contribution in [0.1, 0.15) is 30.9 Å². The molecule has 0 radical (unpaired) electrons. The Morgan fingerprint density at radius 1 is 1.44 bits per heavy atom. The van der Waals surface area contributed by atoms with Crippen molar-refractivity contribution >= 4 is 10.8 Å². The first-order valence-corrected chi connectivity index (χ1v) is 7.04. The third-order valence-corrected chi connectivity index (χ3v) is 3.60. The van der Waals surface area contributed by atoms with Gasteiger partial charge in [0.25, 0.3) is 0 Å². The summed E-state index contributed by atoms with van der Waals surface area (Å²) < 4.78 is 22.0. The summed E-state index contributed by atoms with van der Waals surface area (Å²) in [5.41, 5.74) is 1.92. The smallest absolute Gasteiger partial charge is 0.138 e. The average molecular weight is 245 g/mol. The minimum Gasteiger partial charge on any atom is -0.381 e. The summed E-state index contributed by atoms with van der Waals surface area (Å²) in [6.45, 7) is 7.03. The summed E-state index contributed by atoms with van der Waals surface area (Å²) in [7, 11) is -0.898. The summed E-state index contributed by atoms with van der Waals surface area (Å²) >= 11 is 0. The normalized spacial score (nSPS) is 12.9. The lowest BCUT2D eigenvalue weighted by atomic mass is 10.2. The van der Waals surface area contributed by atoms with Crippen LogP contribution in [0.15, 0.2) is 4.52 Å². The third kappa shape index (κ3) is 3.72. The van der Waals surface area contributed by atoms with Gasteiger partial charge >= 0.3 is 0 Å². The number of rotatable bonds is 7. The fraction of sp³-hybridized carbons (Fsp3) is 0.727. The van der Waals surface area contributed by atoms with Crippen molar-refractivity contribution < 1.29 is 13.5 Å². The molecule has 1 atom stereocenters. The van der Waals surface area contributed by atoms with Crippen LogP contribution in [0.4, 0.5) is 0 Å². The van der Waals surface area contributed by atoms with Crippen molar-refractivity contribution in [1.29, 1.82) is 0 Å². The number of aromatic nitrogens is 1. The molecule has 0 aliphatic rings. The maximum Gasteiger partial charge on any atom is 0.138 e. The molecular weight excluding hydrogens is 226 g/mol. The van der Waals surface area contributed by atoms with E-state index in [1.54, 1.807) is 0 Å². The topological polar surface area (TPSA) is 52.3 Å². The van der Waals surface area contributed by atoms with E-state index in [2.05, 4.69) is 5.16 Å². The predicted octanol–water partition coefficient (Wildman–Crippen LogP) is 1.83. The lowest BCUT2D eigenvalue weighted by molar-refractivity contribution is 0.164. The van der Waals surface area contributed by atoms with Gasteiger partial charge < -0.3 is 9.26 Å². The van der Waals surface area contributed by atoms with Gasteiger partial charge in [-0.25, -0.2) is 0 Å². The Bertz CT molecular complexity index is 349. The standard InChI is InChI=1S/C11H19NO3S/c1-4-11-10(9(3)15-12-11)8-16(13)7-6-14-5-2/h4-8H2,1-3H3. The van der Waals surface area contributed by atoms with Gasteiger partial charge in [-0.2, -0.15) is 0 Å². The second kappa shape index (κ2) is 6.81. The molecule has 1 aromatic rings. The molecule has 92 valence electrons. The fourth-order valence-corrected chi connectivity index (χ4v) is 2.57. The largest absolute Gasteiger partial charge is 0.381 e. The van der Waals surface area contributed by atoms with Crippen LogP contribution in [0.5, 0.6) is 0 Å². The number of aryl methyl sites for hydroxylation is 2. The first kappa shape index (κ1) is 13.4. The van der Waals surface area contributed by atoms with E-state index < -0.39 is 10.8 Å². The molecular formula is C11H19NO3S. The van der Waals surface area contributed by atoms with Gasteiger partial charge in [-0.15, -0.1) is 0 Å². The van der Waals surface area contributed by atoms with Gasteiger partial charge in [-0.05, 0) is 20.3 Å². The predicted molar refractivity (Wildman–Crippen MR) is 63.8 cm³/mol. The highest BCUT2D eigenvalue weighted by molar-refractivity contribution is 7.84. The Balaban J connectivity index is 2.51. The van der Waals surface area contributed by atoms with Crippen molar-refractivity contribution in [3.05, 3.63) is 17.0 Å². The molecule has 0 aliphatic carbocycles. The molecule has 0 amide bonds. The Morgan fingerprint density at radius 3 is 2.81 bits per heavy atom. The molecule has 1 unspecified atom stereocenters. The molecule has 4 nitrogen and oxygen atoms in total. The van der Waals surface area contributed by atoms with E-state index >= 15 is 0 Å². The molecule has 1 heterocycles. The average Bonchev–Trinajstić information content (AvgIpc) is 2.61. The van der Waals surface area contributed by atoms with Crippen LogP contribution in [0.3, 0.4) is 0 Å². The van der Waals surface area contributed by atoms with Gasteiger partial charge in [0.2, 0.25) is 0 Å². The molecule has 16 heavy (non-hydrogen) atoms. The molecule has 1 aromatic heterocycles. The number of hydrogen-bond acceptors (Lipinski definition) is 4. The van der Waals surface area contributed by atoms with Crippen LogP contribution < -0.4 is 0 Å². The van der Waals surface area contributed by atoms with Crippen LogP contribution in [0, 0.1) is 6.92 Å². The van der Waals surface area contributed by atoms with Gasteiger partial charge in [0.15, 0.2) is 0 Å². The van der Waals surface area contributed by atoms with Crippen molar-refractivity contribution in [2.24, 2.45) is 0 Å². The lowest BCUT2D eigenvalue weighted by Gasteiger charge is -2.02. The molecule has 0 saturated heterocycles. The van der Waals surface area contributed by atoms with E-state index in [0.717, 1.165) is 23.4 Å². The summed E-state index contributed by atoms with van der Waals surface area (Å²) in [6, 6.07) is 0. The molecule has 0 saturated carbocycles. The van der Waals surface area contributed by atoms with Crippen molar-refractivity contribution in [2.75, 3.05) is 19.0 Å². The van der Waals surface area contributed by atoms with E-state index in [1.165, 1.54) is 0 Å². The molecule has 1 rings (SSSR count). The maximum atomic E-state index is 11.8. The monoisotopic (exact) mass is 245 g/mol. The second-order valence-corrected chi connectivity index (χ2v) is 5.08. The number of hydrogen-bond donors (Lipinski definition) is 0. The molecule has 5 heteroatoms. The molecule has 0 aromatic carbocycles. The molecule has 0 spiro atoms. The zero-order valence-electron chi connectivity index (χ0n) is 10.1. The zero-order chi connectivity index (χ0) is 12.0. The van der Waals surface area contributed by atoms with Crippen molar-refractivity contribution in [3.63, 3.8) is 0 Å². The molecule has 0 bridgehead atoms. The van der Waals surface area contributed by atoms with Gasteiger partial charge in [0.05, 0.1) is 18.1 Å². The van der Waals surface area contributed by atoms with Gasteiger partial charge in [-0.1, -0.05) is 12.1 Å². The van der Waals surface area contributed by atoms with Gasteiger partial charge in [-0.3, -0.25) is 4.21 Å². The highest BCUT2D eigenvalue weighted by Crippen LogP contribution is 2.16. The summed E-state index contributed by atoms with van der Waals surface area (Å²) in [5, 5.41) is 3.94. The van der Waals surface area contributed by atoms with Crippen LogP contribution in [-0.2, 0) is 27.7 Å². The van der Waals surface area contributed by atoms with Gasteiger partial charge in [0, 0.05) is 28.7 Å². The first-order valence-electron chi connectivity index (χ1n) is 5.55. The quantitative estimate of drug-likeness (QED) is 0.688. The second-order valence-electron chi connectivity index (χ2n) is 3.50. The Kier molecular flexibility index (Phi) is 5.69. The molecule has 0 N–H and O–H groups in total. The Morgan fingerprint density at radius 2 is 2.19 bits per heavy atom. The highest BCUT2D eigenvalue weighted by Gasteiger charge is 2.13. The molecule has 0 fully saturated rings. The van der Waals surface area contributed by atoms with Crippen molar-refractivity contribution in [3.8, 4) is 0 Å². The number of ether oxygens (including phenoxy) is 1. The lowest BCUT2D eigenvalue weighted by Crippen LogP contribution is -2.09. The van der Waals surface area contributed by atoms with Crippen LogP contribution in [-0.4, -0.2) is 28.3 Å². The zero-order valence-corrected chi connectivity index (χ0v) is 10.9. The van der Waals surface area contributed by atoms with Crippen LogP contribution in [0.2, 0.25) is 0 Å². The summed E-state index contributed by atoms with van der Waals surface area (Å²) in [5.74, 6) is 1.87. The summed E-state index contributed by atoms with van der Waals surface area (Å²) in [6.07, 6.45) is 0.815.